The number of hydrogen-bond acceptors (Lipinski definition) is 3. The van der Waals surface area contributed by atoms with Gasteiger partial charge in [0.15, 0.2) is 0 Å². The number of nitrogens with two attached hydrogens (primary N) is 1. The number of thiocarbonyl (C=S) groups is 1. The molecule has 0 radical (unpaired) electrons. The third-order valence-electron chi connectivity index (χ3n) is 3.52. The van der Waals surface area contributed by atoms with Crippen molar-refractivity contribution in [1.29, 1.82) is 0 Å². The number of nitrogens with one attached hydrogen (secondary N) is 1. The van der Waals surface area contributed by atoms with Gasteiger partial charge in [0.1, 0.15) is 4.99 Å². The molecule has 0 saturated heterocycles. The molecule has 3 N–H and O–H groups in total. The third kappa shape index (κ3) is 6.70. The van der Waals surface area contributed by atoms with E-state index in [4.69, 9.17) is 18.0 Å². The summed E-state index contributed by atoms with van der Waals surface area (Å²) in [7, 11) is 0. The quantitative estimate of drug-likeness (QED) is 0.358. The van der Waals surface area contributed by atoms with E-state index in [9.17, 15) is 0 Å². The van der Waals surface area contributed by atoms with Crippen LogP contribution >= 0.6 is 24.0 Å². The van der Waals surface area contributed by atoms with Crippen molar-refractivity contribution >= 4 is 34.7 Å². The fourth-order valence-electron chi connectivity index (χ4n) is 2.36. The fraction of sp³-hybridized carbons (Fsp3) is 0.588. The first-order valence-corrected chi connectivity index (χ1v) is 9.40. The van der Waals surface area contributed by atoms with Crippen molar-refractivity contribution in [2.24, 2.45) is 11.7 Å². The van der Waals surface area contributed by atoms with Crippen LogP contribution in [0.25, 0.3) is 0 Å². The van der Waals surface area contributed by atoms with Crippen molar-refractivity contribution in [3.8, 4) is 0 Å². The zero-order valence-electron chi connectivity index (χ0n) is 13.4. The SMILES string of the molecule is CSc1cccc(NCCCCCCC(C)C)c1C(N)=S. The molecule has 0 aliphatic rings. The number of rotatable bonds is 10. The summed E-state index contributed by atoms with van der Waals surface area (Å²) in [6, 6.07) is 6.18. The highest BCUT2D eigenvalue weighted by Gasteiger charge is 2.09. The summed E-state index contributed by atoms with van der Waals surface area (Å²) >= 11 is 6.87. The maximum atomic E-state index is 5.87. The second-order valence-corrected chi connectivity index (χ2v) is 7.06. The van der Waals surface area contributed by atoms with E-state index in [-0.39, 0.29) is 0 Å². The molecule has 118 valence electrons. The molecule has 21 heavy (non-hydrogen) atoms. The van der Waals surface area contributed by atoms with E-state index in [0.717, 1.165) is 28.6 Å². The minimum absolute atomic E-state index is 0.472. The fourth-order valence-corrected chi connectivity index (χ4v) is 3.28. The smallest absolute Gasteiger partial charge is 0.107 e. The molecule has 1 aromatic carbocycles. The van der Waals surface area contributed by atoms with Crippen LogP contribution in [0.2, 0.25) is 0 Å². The zero-order valence-corrected chi connectivity index (χ0v) is 15.1. The highest BCUT2D eigenvalue weighted by atomic mass is 32.2. The maximum absolute atomic E-state index is 5.87. The molecule has 0 aliphatic carbocycles. The number of thioether (sulfide) groups is 1. The Morgan fingerprint density at radius 3 is 2.57 bits per heavy atom. The van der Waals surface area contributed by atoms with E-state index in [1.807, 2.05) is 0 Å². The molecule has 0 unspecified atom stereocenters. The molecule has 0 saturated carbocycles. The average molecular weight is 325 g/mol. The monoisotopic (exact) mass is 324 g/mol. The average Bonchev–Trinajstić information content (AvgIpc) is 2.45. The highest BCUT2D eigenvalue weighted by Crippen LogP contribution is 2.27. The van der Waals surface area contributed by atoms with Crippen LogP contribution in [0.5, 0.6) is 0 Å². The Labute approximate surface area is 139 Å². The van der Waals surface area contributed by atoms with Crippen LogP contribution in [0.3, 0.4) is 0 Å². The predicted molar refractivity (Wildman–Crippen MR) is 101 cm³/mol. The van der Waals surface area contributed by atoms with Crippen molar-refractivity contribution in [3.63, 3.8) is 0 Å². The van der Waals surface area contributed by atoms with Gasteiger partial charge in [-0.05, 0) is 30.7 Å². The molecule has 4 heteroatoms. The molecule has 0 aliphatic heterocycles. The van der Waals surface area contributed by atoms with E-state index in [0.29, 0.717) is 4.99 Å². The van der Waals surface area contributed by atoms with Crippen molar-refractivity contribution in [2.45, 2.75) is 50.8 Å². The van der Waals surface area contributed by atoms with Gasteiger partial charge >= 0.3 is 0 Å². The largest absolute Gasteiger partial charge is 0.389 e. The topological polar surface area (TPSA) is 38.0 Å². The van der Waals surface area contributed by atoms with Crippen molar-refractivity contribution < 1.29 is 0 Å². The predicted octanol–water partition coefficient (Wildman–Crippen LogP) is 5.06. The zero-order chi connectivity index (χ0) is 15.7. The number of unbranched alkanes of at least 4 members (excludes halogenated alkanes) is 3. The molecular weight excluding hydrogens is 296 g/mol. The number of anilines is 1. The molecule has 1 rings (SSSR count). The van der Waals surface area contributed by atoms with Gasteiger partial charge in [-0.1, -0.05) is 57.8 Å². The lowest BCUT2D eigenvalue weighted by atomic mass is 10.0. The van der Waals surface area contributed by atoms with Crippen LogP contribution in [-0.4, -0.2) is 17.8 Å². The molecule has 0 aromatic heterocycles. The van der Waals surface area contributed by atoms with Gasteiger partial charge in [-0.15, -0.1) is 11.8 Å². The van der Waals surface area contributed by atoms with Gasteiger partial charge in [-0.2, -0.15) is 0 Å². The molecule has 2 nitrogen and oxygen atoms in total. The lowest BCUT2D eigenvalue weighted by molar-refractivity contribution is 0.523. The Balaban J connectivity index is 2.40. The van der Waals surface area contributed by atoms with Crippen molar-refractivity contribution in [3.05, 3.63) is 23.8 Å². The second-order valence-electron chi connectivity index (χ2n) is 5.77. The Bertz CT molecular complexity index is 444. The van der Waals surface area contributed by atoms with E-state index in [1.165, 1.54) is 32.1 Å². The third-order valence-corrected chi connectivity index (χ3v) is 4.50. The van der Waals surface area contributed by atoms with Crippen LogP contribution in [0, 0.1) is 5.92 Å². The Hall–Kier alpha value is -0.740. The van der Waals surface area contributed by atoms with Gasteiger partial charge in [0.05, 0.1) is 0 Å². The molecule has 0 atom stereocenters. The van der Waals surface area contributed by atoms with Crippen LogP contribution in [0.4, 0.5) is 5.69 Å². The molecule has 1 aromatic rings. The summed E-state index contributed by atoms with van der Waals surface area (Å²) < 4.78 is 0. The molecular formula is C17H28N2S2. The molecule has 0 bridgehead atoms. The summed E-state index contributed by atoms with van der Waals surface area (Å²) in [6.45, 7) is 5.56. The number of benzene rings is 1. The molecule has 0 heterocycles. The normalized spacial score (nSPS) is 10.9. The van der Waals surface area contributed by atoms with Gasteiger partial charge < -0.3 is 11.1 Å². The van der Waals surface area contributed by atoms with Gasteiger partial charge in [-0.3, -0.25) is 0 Å². The van der Waals surface area contributed by atoms with Gasteiger partial charge in [0.2, 0.25) is 0 Å². The van der Waals surface area contributed by atoms with Gasteiger partial charge in [-0.25, -0.2) is 0 Å². The van der Waals surface area contributed by atoms with E-state index >= 15 is 0 Å². The standard InChI is InChI=1S/C17H28N2S2/c1-13(2)9-6-4-5-7-12-19-14-10-8-11-15(21-3)16(14)17(18)20/h8,10-11,13,19H,4-7,9,12H2,1-3H3,(H2,18,20). The van der Waals surface area contributed by atoms with Crippen LogP contribution in [0.1, 0.15) is 51.5 Å². The highest BCUT2D eigenvalue weighted by molar-refractivity contribution is 7.98. The summed E-state index contributed by atoms with van der Waals surface area (Å²) in [5, 5.41) is 3.49. The molecule has 0 fully saturated rings. The van der Waals surface area contributed by atoms with E-state index < -0.39 is 0 Å². The van der Waals surface area contributed by atoms with Gasteiger partial charge in [0, 0.05) is 22.7 Å². The first kappa shape index (κ1) is 18.3. The Kier molecular flexibility index (Phi) is 8.77. The Morgan fingerprint density at radius 1 is 1.24 bits per heavy atom. The van der Waals surface area contributed by atoms with Crippen molar-refractivity contribution in [1.82, 2.24) is 0 Å². The second kappa shape index (κ2) is 10.1. The first-order valence-electron chi connectivity index (χ1n) is 7.77. The minimum Gasteiger partial charge on any atom is -0.389 e. The van der Waals surface area contributed by atoms with E-state index in [1.54, 1.807) is 11.8 Å². The summed E-state index contributed by atoms with van der Waals surface area (Å²) in [5.74, 6) is 0.825. The van der Waals surface area contributed by atoms with Crippen molar-refractivity contribution in [2.75, 3.05) is 18.1 Å². The lowest BCUT2D eigenvalue weighted by Gasteiger charge is -2.14. The molecule has 0 amide bonds. The van der Waals surface area contributed by atoms with E-state index in [2.05, 4.69) is 43.6 Å². The van der Waals surface area contributed by atoms with Crippen LogP contribution in [-0.2, 0) is 0 Å². The maximum Gasteiger partial charge on any atom is 0.107 e. The number of hydrogen-bond donors (Lipinski definition) is 2. The minimum atomic E-state index is 0.472. The first-order chi connectivity index (χ1) is 10.1. The van der Waals surface area contributed by atoms with Crippen LogP contribution in [0.15, 0.2) is 23.1 Å². The van der Waals surface area contributed by atoms with Gasteiger partial charge in [0.25, 0.3) is 0 Å². The summed E-state index contributed by atoms with van der Waals surface area (Å²) in [4.78, 5) is 1.61. The lowest BCUT2D eigenvalue weighted by Crippen LogP contribution is -2.15. The van der Waals surface area contributed by atoms with Crippen LogP contribution < -0.4 is 11.1 Å². The summed E-state index contributed by atoms with van der Waals surface area (Å²) in [6.07, 6.45) is 8.54. The summed E-state index contributed by atoms with van der Waals surface area (Å²) in [5.41, 5.74) is 7.92. The molecule has 0 spiro atoms. The Morgan fingerprint density at radius 2 is 1.95 bits per heavy atom.